The number of thioether (sulfide) groups is 1. The van der Waals surface area contributed by atoms with Crippen LogP contribution in [0.4, 0.5) is 10.1 Å². The van der Waals surface area contributed by atoms with E-state index in [0.29, 0.717) is 48.5 Å². The quantitative estimate of drug-likeness (QED) is 0.695. The molecule has 0 bridgehead atoms. The Morgan fingerprint density at radius 1 is 1.03 bits per heavy atom. The Morgan fingerprint density at radius 3 is 2.53 bits per heavy atom. The number of hydrogen-bond acceptors (Lipinski definition) is 5. The molecule has 0 unspecified atom stereocenters. The Balaban J connectivity index is 1.49. The minimum atomic E-state index is -0.386. The van der Waals surface area contributed by atoms with Crippen LogP contribution in [0.1, 0.15) is 11.1 Å². The molecule has 3 heterocycles. The number of fused-ring (bicyclic) bond motifs is 1. The molecule has 2 amide bonds. The molecule has 0 aliphatic carbocycles. The monoisotopic (exact) mass is 423 g/mol. The smallest absolute Gasteiger partial charge is 0.287 e. The van der Waals surface area contributed by atoms with Crippen molar-refractivity contribution in [3.05, 3.63) is 70.4 Å². The zero-order valence-corrected chi connectivity index (χ0v) is 16.8. The number of anilines is 1. The molecule has 0 N–H and O–H groups in total. The molecule has 0 spiro atoms. The van der Waals surface area contributed by atoms with Crippen molar-refractivity contribution < 1.29 is 18.7 Å². The number of benzene rings is 2. The highest BCUT2D eigenvalue weighted by Crippen LogP contribution is 2.44. The summed E-state index contributed by atoms with van der Waals surface area (Å²) < 4.78 is 18.6. The number of morpholine rings is 1. The summed E-state index contributed by atoms with van der Waals surface area (Å²) in [6, 6.07) is 13.5. The predicted molar refractivity (Wildman–Crippen MR) is 113 cm³/mol. The van der Waals surface area contributed by atoms with Gasteiger partial charge in [-0.2, -0.15) is 4.99 Å². The highest BCUT2D eigenvalue weighted by atomic mass is 32.2. The van der Waals surface area contributed by atoms with Crippen LogP contribution in [0, 0.1) is 5.82 Å². The Kier molecular flexibility index (Phi) is 4.88. The Morgan fingerprint density at radius 2 is 1.77 bits per heavy atom. The van der Waals surface area contributed by atoms with E-state index < -0.39 is 0 Å². The SMILES string of the molecule is O=C1N=C(N2CCOCC2)SC1=C1C(=O)N(Cc2ccc(F)cc2)c2ccccc21. The molecule has 3 aliphatic rings. The Hall–Kier alpha value is -2.97. The number of para-hydroxylation sites is 1. The molecule has 8 heteroatoms. The summed E-state index contributed by atoms with van der Waals surface area (Å²) in [4.78, 5) is 34.3. The first-order chi connectivity index (χ1) is 14.6. The van der Waals surface area contributed by atoms with Gasteiger partial charge < -0.3 is 14.5 Å². The highest BCUT2D eigenvalue weighted by molar-refractivity contribution is 8.18. The number of hydrogen-bond donors (Lipinski definition) is 0. The van der Waals surface area contributed by atoms with Gasteiger partial charge in [-0.3, -0.25) is 9.59 Å². The number of aliphatic imine (C=N–C) groups is 1. The lowest BCUT2D eigenvalue weighted by Crippen LogP contribution is -2.38. The van der Waals surface area contributed by atoms with Gasteiger partial charge in [0, 0.05) is 18.7 Å². The van der Waals surface area contributed by atoms with Crippen molar-refractivity contribution in [3.8, 4) is 0 Å². The van der Waals surface area contributed by atoms with E-state index >= 15 is 0 Å². The van der Waals surface area contributed by atoms with Crippen LogP contribution in [0.5, 0.6) is 0 Å². The van der Waals surface area contributed by atoms with Gasteiger partial charge in [0.25, 0.3) is 11.8 Å². The molecule has 2 aromatic carbocycles. The molecule has 2 aromatic rings. The second-order valence-corrected chi connectivity index (χ2v) is 8.12. The number of ether oxygens (including phenoxy) is 1. The minimum absolute atomic E-state index is 0.241. The number of amidine groups is 1. The van der Waals surface area contributed by atoms with Crippen LogP contribution in [0.15, 0.2) is 58.4 Å². The summed E-state index contributed by atoms with van der Waals surface area (Å²) in [7, 11) is 0. The summed E-state index contributed by atoms with van der Waals surface area (Å²) in [5, 5.41) is 0.619. The molecule has 0 aromatic heterocycles. The lowest BCUT2D eigenvalue weighted by atomic mass is 10.1. The summed E-state index contributed by atoms with van der Waals surface area (Å²) in [6.07, 6.45) is 0. The van der Waals surface area contributed by atoms with E-state index in [0.717, 1.165) is 16.8 Å². The van der Waals surface area contributed by atoms with Gasteiger partial charge in [-0.05, 0) is 35.5 Å². The molecule has 0 radical (unpaired) electrons. The number of carbonyl (C=O) groups is 2. The maximum Gasteiger partial charge on any atom is 0.287 e. The van der Waals surface area contributed by atoms with Crippen LogP contribution in [0.2, 0.25) is 0 Å². The first-order valence-corrected chi connectivity index (χ1v) is 10.5. The highest BCUT2D eigenvalue weighted by Gasteiger charge is 2.39. The van der Waals surface area contributed by atoms with Gasteiger partial charge >= 0.3 is 0 Å². The molecule has 0 atom stereocenters. The average molecular weight is 423 g/mol. The number of carbonyl (C=O) groups excluding carboxylic acids is 2. The van der Waals surface area contributed by atoms with E-state index in [1.807, 2.05) is 29.2 Å². The topological polar surface area (TPSA) is 62.2 Å². The fourth-order valence-electron chi connectivity index (χ4n) is 3.77. The van der Waals surface area contributed by atoms with Crippen molar-refractivity contribution in [2.24, 2.45) is 4.99 Å². The van der Waals surface area contributed by atoms with Crippen LogP contribution in [0.25, 0.3) is 5.57 Å². The Bertz CT molecular complexity index is 1090. The summed E-state index contributed by atoms with van der Waals surface area (Å²) in [5.74, 6) is -0.950. The largest absolute Gasteiger partial charge is 0.378 e. The molecule has 0 saturated carbocycles. The van der Waals surface area contributed by atoms with Crippen LogP contribution in [0.3, 0.4) is 0 Å². The van der Waals surface area contributed by atoms with Crippen molar-refractivity contribution in [1.29, 1.82) is 0 Å². The molecule has 1 saturated heterocycles. The van der Waals surface area contributed by atoms with Gasteiger partial charge in [0.2, 0.25) is 0 Å². The fourth-order valence-corrected chi connectivity index (χ4v) is 4.83. The van der Waals surface area contributed by atoms with Crippen molar-refractivity contribution in [2.75, 3.05) is 31.2 Å². The van der Waals surface area contributed by atoms with Crippen LogP contribution >= 0.6 is 11.8 Å². The first-order valence-electron chi connectivity index (χ1n) is 9.65. The first kappa shape index (κ1) is 19.0. The van der Waals surface area contributed by atoms with Gasteiger partial charge in [-0.25, -0.2) is 4.39 Å². The second kappa shape index (κ2) is 7.70. The standard InChI is InChI=1S/C22H18FN3O3S/c23-15-7-5-14(6-8-15)13-26-17-4-2-1-3-16(17)18(21(26)28)19-20(27)24-22(30-19)25-9-11-29-12-10-25/h1-8H,9-13H2. The average Bonchev–Trinajstić information content (AvgIpc) is 3.28. The van der Waals surface area contributed by atoms with Crippen molar-refractivity contribution >= 4 is 40.0 Å². The minimum Gasteiger partial charge on any atom is -0.378 e. The summed E-state index contributed by atoms with van der Waals surface area (Å²) in [5.41, 5.74) is 2.65. The molecule has 3 aliphatic heterocycles. The third-order valence-electron chi connectivity index (χ3n) is 5.27. The van der Waals surface area contributed by atoms with Crippen LogP contribution < -0.4 is 4.90 Å². The molecular formula is C22H18FN3O3S. The zero-order valence-electron chi connectivity index (χ0n) is 16.0. The second-order valence-electron chi connectivity index (χ2n) is 7.14. The lowest BCUT2D eigenvalue weighted by molar-refractivity contribution is -0.115. The lowest BCUT2D eigenvalue weighted by Gasteiger charge is -2.27. The van der Waals surface area contributed by atoms with Crippen LogP contribution in [-0.2, 0) is 20.9 Å². The van der Waals surface area contributed by atoms with Crippen molar-refractivity contribution in [3.63, 3.8) is 0 Å². The number of halogens is 1. The maximum absolute atomic E-state index is 13.4. The predicted octanol–water partition coefficient (Wildman–Crippen LogP) is 3.05. The van der Waals surface area contributed by atoms with E-state index in [2.05, 4.69) is 4.99 Å². The van der Waals surface area contributed by atoms with Gasteiger partial charge in [0.15, 0.2) is 5.17 Å². The molecule has 30 heavy (non-hydrogen) atoms. The Labute approximate surface area is 177 Å². The number of rotatable bonds is 2. The van der Waals surface area contributed by atoms with E-state index in [1.54, 1.807) is 17.0 Å². The van der Waals surface area contributed by atoms with Crippen molar-refractivity contribution in [2.45, 2.75) is 6.54 Å². The fraction of sp³-hybridized carbons (Fsp3) is 0.227. The van der Waals surface area contributed by atoms with E-state index in [1.165, 1.54) is 23.9 Å². The van der Waals surface area contributed by atoms with E-state index in [-0.39, 0.29) is 17.6 Å². The van der Waals surface area contributed by atoms with Gasteiger partial charge in [0.1, 0.15) is 5.82 Å². The third-order valence-corrected chi connectivity index (χ3v) is 6.39. The van der Waals surface area contributed by atoms with Gasteiger partial charge in [0.05, 0.1) is 35.9 Å². The van der Waals surface area contributed by atoms with Crippen molar-refractivity contribution in [1.82, 2.24) is 4.90 Å². The summed E-state index contributed by atoms with van der Waals surface area (Å²) >= 11 is 1.25. The van der Waals surface area contributed by atoms with E-state index in [9.17, 15) is 14.0 Å². The van der Waals surface area contributed by atoms with E-state index in [4.69, 9.17) is 4.74 Å². The molecule has 1 fully saturated rings. The van der Waals surface area contributed by atoms with Crippen LogP contribution in [-0.4, -0.2) is 48.2 Å². The van der Waals surface area contributed by atoms with Gasteiger partial charge in [-0.1, -0.05) is 30.3 Å². The molecular weight excluding hydrogens is 405 g/mol. The molecule has 5 rings (SSSR count). The molecule has 152 valence electrons. The normalized spacial score (nSPS) is 21.3. The molecule has 6 nitrogen and oxygen atoms in total. The van der Waals surface area contributed by atoms with Gasteiger partial charge in [-0.15, -0.1) is 0 Å². The summed E-state index contributed by atoms with van der Waals surface area (Å²) in [6.45, 7) is 2.81. The number of amides is 2. The maximum atomic E-state index is 13.4. The third kappa shape index (κ3) is 3.32. The zero-order chi connectivity index (χ0) is 20.7. The number of nitrogens with zero attached hydrogens (tertiary/aromatic N) is 3.